The molecule has 0 aliphatic heterocycles. The minimum Gasteiger partial charge on any atom is -0.495 e. The number of rotatable bonds is 4. The van der Waals surface area contributed by atoms with Crippen molar-refractivity contribution in [2.24, 2.45) is 0 Å². The van der Waals surface area contributed by atoms with Gasteiger partial charge in [-0.05, 0) is 24.3 Å². The Morgan fingerprint density at radius 2 is 2.21 bits per heavy atom. The van der Waals surface area contributed by atoms with Crippen molar-refractivity contribution in [1.29, 1.82) is 0 Å². The van der Waals surface area contributed by atoms with Gasteiger partial charge in [0.1, 0.15) is 5.75 Å². The van der Waals surface area contributed by atoms with Crippen molar-refractivity contribution in [2.75, 3.05) is 19.9 Å². The third-order valence-corrected chi connectivity index (χ3v) is 2.83. The molecule has 0 fully saturated rings. The van der Waals surface area contributed by atoms with Crippen LogP contribution in [0, 0.1) is 0 Å². The van der Waals surface area contributed by atoms with Gasteiger partial charge >= 0.3 is 0 Å². The normalized spacial score (nSPS) is 10.2. The fourth-order valence-corrected chi connectivity index (χ4v) is 1.79. The third kappa shape index (κ3) is 2.88. The van der Waals surface area contributed by atoms with Gasteiger partial charge in [0, 0.05) is 24.7 Å². The van der Waals surface area contributed by atoms with Crippen molar-refractivity contribution < 1.29 is 13.9 Å². The molecule has 0 atom stereocenters. The number of methoxy groups -OCH3 is 1. The molecule has 1 heterocycles. The molecule has 0 bridgehead atoms. The highest BCUT2D eigenvalue weighted by Crippen LogP contribution is 2.23. The van der Waals surface area contributed by atoms with Gasteiger partial charge in [0.15, 0.2) is 0 Å². The summed E-state index contributed by atoms with van der Waals surface area (Å²) in [7, 11) is 3.26. The Morgan fingerprint density at radius 3 is 2.84 bits per heavy atom. The Balaban J connectivity index is 2.14. The molecule has 0 spiro atoms. The van der Waals surface area contributed by atoms with Crippen LogP contribution in [0.1, 0.15) is 15.9 Å². The van der Waals surface area contributed by atoms with E-state index in [1.165, 1.54) is 7.11 Å². The van der Waals surface area contributed by atoms with Crippen LogP contribution >= 0.6 is 0 Å². The Morgan fingerprint density at radius 1 is 1.42 bits per heavy atom. The van der Waals surface area contributed by atoms with Crippen LogP contribution in [0.15, 0.2) is 41.2 Å². The molecule has 100 valence electrons. The summed E-state index contributed by atoms with van der Waals surface area (Å²) in [6.45, 7) is 0.488. The molecular formula is C14H16N2O3. The van der Waals surface area contributed by atoms with Gasteiger partial charge in [-0.25, -0.2) is 0 Å². The summed E-state index contributed by atoms with van der Waals surface area (Å²) in [5.74, 6) is 0.405. The first kappa shape index (κ1) is 13.0. The number of ether oxygens (including phenoxy) is 1. The molecule has 0 aliphatic rings. The molecule has 2 N–H and O–H groups in total. The van der Waals surface area contributed by atoms with E-state index in [4.69, 9.17) is 14.9 Å². The number of nitrogens with two attached hydrogens (primary N) is 1. The standard InChI is InChI=1S/C14H16N2O3/c1-16(8-10-5-6-19-9-10)14(17)11-3-4-12(15)13(7-11)18-2/h3-7,9H,8,15H2,1-2H3. The number of benzene rings is 1. The van der Waals surface area contributed by atoms with Gasteiger partial charge in [-0.3, -0.25) is 4.79 Å². The zero-order valence-corrected chi connectivity index (χ0v) is 10.9. The van der Waals surface area contributed by atoms with Gasteiger partial charge < -0.3 is 19.8 Å². The summed E-state index contributed by atoms with van der Waals surface area (Å²) < 4.78 is 10.1. The number of hydrogen-bond donors (Lipinski definition) is 1. The molecule has 0 aliphatic carbocycles. The molecule has 0 saturated carbocycles. The number of amides is 1. The lowest BCUT2D eigenvalue weighted by molar-refractivity contribution is 0.0784. The number of anilines is 1. The van der Waals surface area contributed by atoms with E-state index in [1.54, 1.807) is 42.7 Å². The summed E-state index contributed by atoms with van der Waals surface area (Å²) in [5.41, 5.74) is 7.72. The molecule has 2 aromatic rings. The molecule has 0 radical (unpaired) electrons. The monoisotopic (exact) mass is 260 g/mol. The fraction of sp³-hybridized carbons (Fsp3) is 0.214. The number of carbonyl (C=O) groups is 1. The van der Waals surface area contributed by atoms with Gasteiger partial charge in [-0.2, -0.15) is 0 Å². The molecule has 1 aromatic carbocycles. The number of hydrogen-bond acceptors (Lipinski definition) is 4. The van der Waals surface area contributed by atoms with Gasteiger partial charge in [-0.15, -0.1) is 0 Å². The second-order valence-electron chi connectivity index (χ2n) is 4.25. The Labute approximate surface area is 111 Å². The van der Waals surface area contributed by atoms with Crippen LogP contribution in [0.2, 0.25) is 0 Å². The van der Waals surface area contributed by atoms with Crippen molar-refractivity contribution in [3.63, 3.8) is 0 Å². The molecular weight excluding hydrogens is 244 g/mol. The first-order valence-electron chi connectivity index (χ1n) is 5.82. The predicted molar refractivity (Wildman–Crippen MR) is 71.9 cm³/mol. The molecule has 2 rings (SSSR count). The largest absolute Gasteiger partial charge is 0.495 e. The third-order valence-electron chi connectivity index (χ3n) is 2.83. The smallest absolute Gasteiger partial charge is 0.254 e. The molecule has 5 nitrogen and oxygen atoms in total. The lowest BCUT2D eigenvalue weighted by Gasteiger charge is -2.17. The minimum absolute atomic E-state index is 0.0977. The first-order chi connectivity index (χ1) is 9.11. The van der Waals surface area contributed by atoms with E-state index in [1.807, 2.05) is 6.07 Å². The van der Waals surface area contributed by atoms with E-state index in [0.29, 0.717) is 23.5 Å². The first-order valence-corrected chi connectivity index (χ1v) is 5.82. The van der Waals surface area contributed by atoms with Crippen molar-refractivity contribution in [1.82, 2.24) is 4.90 Å². The lowest BCUT2D eigenvalue weighted by Crippen LogP contribution is -2.26. The van der Waals surface area contributed by atoms with Gasteiger partial charge in [0.2, 0.25) is 0 Å². The van der Waals surface area contributed by atoms with Crippen molar-refractivity contribution >= 4 is 11.6 Å². The van der Waals surface area contributed by atoms with Gasteiger partial charge in [0.25, 0.3) is 5.91 Å². The second kappa shape index (κ2) is 5.48. The highest BCUT2D eigenvalue weighted by molar-refractivity contribution is 5.95. The number of carbonyl (C=O) groups excluding carboxylic acids is 1. The molecule has 1 aromatic heterocycles. The van der Waals surface area contributed by atoms with Crippen LogP contribution in [0.5, 0.6) is 5.75 Å². The number of furan rings is 1. The average molecular weight is 260 g/mol. The van der Waals surface area contributed by atoms with E-state index in [-0.39, 0.29) is 5.91 Å². The predicted octanol–water partition coefficient (Wildman–Crippen LogP) is 2.14. The fourth-order valence-electron chi connectivity index (χ4n) is 1.79. The van der Waals surface area contributed by atoms with Gasteiger partial charge in [-0.1, -0.05) is 0 Å². The Bertz CT molecular complexity index is 564. The maximum Gasteiger partial charge on any atom is 0.254 e. The van der Waals surface area contributed by atoms with Crippen LogP contribution < -0.4 is 10.5 Å². The van der Waals surface area contributed by atoms with E-state index in [9.17, 15) is 4.79 Å². The minimum atomic E-state index is -0.0977. The summed E-state index contributed by atoms with van der Waals surface area (Å²) in [6.07, 6.45) is 3.20. The number of nitrogens with zero attached hydrogens (tertiary/aromatic N) is 1. The van der Waals surface area contributed by atoms with E-state index in [0.717, 1.165) is 5.56 Å². The molecule has 19 heavy (non-hydrogen) atoms. The molecule has 0 saturated heterocycles. The zero-order chi connectivity index (χ0) is 13.8. The van der Waals surface area contributed by atoms with Crippen LogP contribution in [-0.2, 0) is 6.54 Å². The van der Waals surface area contributed by atoms with Crippen molar-refractivity contribution in [3.05, 3.63) is 47.9 Å². The second-order valence-corrected chi connectivity index (χ2v) is 4.25. The maximum absolute atomic E-state index is 12.2. The lowest BCUT2D eigenvalue weighted by atomic mass is 10.1. The topological polar surface area (TPSA) is 68.7 Å². The van der Waals surface area contributed by atoms with Crippen LogP contribution in [0.3, 0.4) is 0 Å². The molecule has 5 heteroatoms. The SMILES string of the molecule is COc1cc(C(=O)N(C)Cc2ccoc2)ccc1N. The summed E-state index contributed by atoms with van der Waals surface area (Å²) >= 11 is 0. The highest BCUT2D eigenvalue weighted by Gasteiger charge is 2.14. The van der Waals surface area contributed by atoms with E-state index >= 15 is 0 Å². The highest BCUT2D eigenvalue weighted by atomic mass is 16.5. The van der Waals surface area contributed by atoms with Crippen molar-refractivity contribution in [2.45, 2.75) is 6.54 Å². The van der Waals surface area contributed by atoms with Crippen LogP contribution in [0.4, 0.5) is 5.69 Å². The molecule has 1 amide bonds. The Hall–Kier alpha value is -2.43. The summed E-state index contributed by atoms with van der Waals surface area (Å²) in [4.78, 5) is 13.9. The quantitative estimate of drug-likeness (QED) is 0.855. The van der Waals surface area contributed by atoms with E-state index < -0.39 is 0 Å². The van der Waals surface area contributed by atoms with Crippen molar-refractivity contribution in [3.8, 4) is 5.75 Å². The van der Waals surface area contributed by atoms with E-state index in [2.05, 4.69) is 0 Å². The van der Waals surface area contributed by atoms with Crippen LogP contribution in [0.25, 0.3) is 0 Å². The summed E-state index contributed by atoms with van der Waals surface area (Å²) in [6, 6.07) is 6.82. The average Bonchev–Trinajstić information content (AvgIpc) is 2.91. The number of nitrogen functional groups attached to an aromatic ring is 1. The van der Waals surface area contributed by atoms with Crippen LogP contribution in [-0.4, -0.2) is 25.0 Å². The molecule has 0 unspecified atom stereocenters. The van der Waals surface area contributed by atoms with Gasteiger partial charge in [0.05, 0.1) is 25.3 Å². The zero-order valence-electron chi connectivity index (χ0n) is 10.9. The summed E-state index contributed by atoms with van der Waals surface area (Å²) in [5, 5.41) is 0. The maximum atomic E-state index is 12.2. The Kier molecular flexibility index (Phi) is 3.75.